The Morgan fingerprint density at radius 3 is 2.56 bits per heavy atom. The van der Waals surface area contributed by atoms with Crippen LogP contribution in [0.3, 0.4) is 0 Å². The number of nitrogens with zero attached hydrogens (tertiary/aromatic N) is 2. The molecule has 2 aromatic rings. The molecule has 0 saturated heterocycles. The van der Waals surface area contributed by atoms with E-state index < -0.39 is 0 Å². The number of aromatic nitrogens is 2. The average Bonchev–Trinajstić information content (AvgIpc) is 2.70. The average molecular weight is 363 g/mol. The van der Waals surface area contributed by atoms with E-state index in [1.54, 1.807) is 6.07 Å². The van der Waals surface area contributed by atoms with Crippen molar-refractivity contribution in [3.8, 4) is 29.4 Å². The van der Waals surface area contributed by atoms with E-state index in [9.17, 15) is 10.2 Å². The van der Waals surface area contributed by atoms with Gasteiger partial charge in [0, 0.05) is 16.7 Å². The third kappa shape index (κ3) is 3.50. The molecule has 1 fully saturated rings. The summed E-state index contributed by atoms with van der Waals surface area (Å²) in [5, 5.41) is 33.1. The number of anilines is 1. The fourth-order valence-electron chi connectivity index (χ4n) is 4.26. The minimum absolute atomic E-state index is 0.0354. The summed E-state index contributed by atoms with van der Waals surface area (Å²) < 4.78 is 0. The quantitative estimate of drug-likeness (QED) is 0.728. The predicted octanol–water partition coefficient (Wildman–Crippen LogP) is 3.42. The Kier molecular flexibility index (Phi) is 5.00. The standard InChI is InChI=1S/C22H25N3O2/c1-2-14-11-12-17(20(27)13-14)21-15-7-3-4-8-16(15)22(25-24-21)23-18-9-5-6-10-19(18)26/h1,11-13,18-19,26-27H,3-10H2,(H,23,25)/t18-,19-/m0/s1. The topological polar surface area (TPSA) is 78.3 Å². The number of phenolic OH excluding ortho intramolecular Hbond substituents is 1. The van der Waals surface area contributed by atoms with Gasteiger partial charge in [0.1, 0.15) is 11.4 Å². The van der Waals surface area contributed by atoms with E-state index in [1.165, 1.54) is 5.56 Å². The molecule has 1 saturated carbocycles. The van der Waals surface area contributed by atoms with Gasteiger partial charge in [0.05, 0.1) is 12.1 Å². The Labute approximate surface area is 159 Å². The first kappa shape index (κ1) is 17.8. The van der Waals surface area contributed by atoms with Gasteiger partial charge in [-0.15, -0.1) is 16.6 Å². The molecule has 0 spiro atoms. The molecular weight excluding hydrogens is 338 g/mol. The van der Waals surface area contributed by atoms with Crippen LogP contribution in [0.4, 0.5) is 5.82 Å². The first-order valence-electron chi connectivity index (χ1n) is 9.80. The van der Waals surface area contributed by atoms with Crippen molar-refractivity contribution >= 4 is 5.82 Å². The summed E-state index contributed by atoms with van der Waals surface area (Å²) in [6.45, 7) is 0. The lowest BCUT2D eigenvalue weighted by Gasteiger charge is -2.30. The molecular formula is C22H25N3O2. The van der Waals surface area contributed by atoms with Crippen LogP contribution in [0.1, 0.15) is 55.2 Å². The lowest BCUT2D eigenvalue weighted by Crippen LogP contribution is -2.37. The van der Waals surface area contributed by atoms with Crippen molar-refractivity contribution in [1.29, 1.82) is 0 Å². The van der Waals surface area contributed by atoms with Gasteiger partial charge in [-0.3, -0.25) is 0 Å². The second kappa shape index (κ2) is 7.58. The molecule has 4 rings (SSSR count). The fraction of sp³-hybridized carbons (Fsp3) is 0.455. The number of fused-ring (bicyclic) bond motifs is 1. The summed E-state index contributed by atoms with van der Waals surface area (Å²) >= 11 is 0. The van der Waals surface area contributed by atoms with E-state index in [0.29, 0.717) is 11.1 Å². The highest BCUT2D eigenvalue weighted by Gasteiger charge is 2.27. The zero-order chi connectivity index (χ0) is 18.8. The number of phenols is 1. The van der Waals surface area contributed by atoms with Crippen molar-refractivity contribution in [2.75, 3.05) is 5.32 Å². The highest BCUT2D eigenvalue weighted by Crippen LogP contribution is 2.37. The van der Waals surface area contributed by atoms with Crippen molar-refractivity contribution in [3.63, 3.8) is 0 Å². The molecule has 0 radical (unpaired) electrons. The highest BCUT2D eigenvalue weighted by molar-refractivity contribution is 5.73. The smallest absolute Gasteiger partial charge is 0.152 e. The Morgan fingerprint density at radius 2 is 1.81 bits per heavy atom. The van der Waals surface area contributed by atoms with E-state index in [0.717, 1.165) is 68.4 Å². The molecule has 2 atom stereocenters. The molecule has 1 aromatic heterocycles. The summed E-state index contributed by atoms with van der Waals surface area (Å²) in [7, 11) is 0. The van der Waals surface area contributed by atoms with Crippen LogP contribution in [-0.2, 0) is 12.8 Å². The van der Waals surface area contributed by atoms with Crippen molar-refractivity contribution in [2.45, 2.75) is 63.5 Å². The Hall–Kier alpha value is -2.58. The number of benzene rings is 1. The monoisotopic (exact) mass is 363 g/mol. The maximum Gasteiger partial charge on any atom is 0.152 e. The van der Waals surface area contributed by atoms with Crippen LogP contribution in [0, 0.1) is 12.3 Å². The Morgan fingerprint density at radius 1 is 1.04 bits per heavy atom. The number of aliphatic hydroxyl groups excluding tert-OH is 1. The van der Waals surface area contributed by atoms with Crippen LogP contribution in [0.25, 0.3) is 11.3 Å². The zero-order valence-electron chi connectivity index (χ0n) is 15.4. The maximum atomic E-state index is 10.4. The fourth-order valence-corrected chi connectivity index (χ4v) is 4.26. The number of aromatic hydroxyl groups is 1. The van der Waals surface area contributed by atoms with Gasteiger partial charge in [-0.05, 0) is 62.3 Å². The van der Waals surface area contributed by atoms with Gasteiger partial charge in [-0.25, -0.2) is 0 Å². The summed E-state index contributed by atoms with van der Waals surface area (Å²) in [6, 6.07) is 5.27. The van der Waals surface area contributed by atoms with Crippen LogP contribution < -0.4 is 5.32 Å². The van der Waals surface area contributed by atoms with E-state index >= 15 is 0 Å². The largest absolute Gasteiger partial charge is 0.507 e. The second-order valence-electron chi connectivity index (χ2n) is 7.54. The number of aliphatic hydroxyl groups is 1. The summed E-state index contributed by atoms with van der Waals surface area (Å²) in [4.78, 5) is 0. The molecule has 5 nitrogen and oxygen atoms in total. The van der Waals surface area contributed by atoms with Gasteiger partial charge in [0.15, 0.2) is 5.82 Å². The first-order chi connectivity index (χ1) is 13.2. The summed E-state index contributed by atoms with van der Waals surface area (Å²) in [5.41, 5.74) is 4.37. The van der Waals surface area contributed by atoms with Crippen LogP contribution in [0.2, 0.25) is 0 Å². The number of rotatable bonds is 3. The van der Waals surface area contributed by atoms with Crippen molar-refractivity contribution in [1.82, 2.24) is 10.2 Å². The van der Waals surface area contributed by atoms with Gasteiger partial charge in [-0.1, -0.05) is 18.8 Å². The van der Waals surface area contributed by atoms with E-state index in [-0.39, 0.29) is 17.9 Å². The van der Waals surface area contributed by atoms with E-state index in [2.05, 4.69) is 21.4 Å². The lowest BCUT2D eigenvalue weighted by molar-refractivity contribution is 0.116. The molecule has 3 N–H and O–H groups in total. The zero-order valence-corrected chi connectivity index (χ0v) is 15.4. The molecule has 140 valence electrons. The molecule has 0 unspecified atom stereocenters. The molecule has 0 amide bonds. The minimum atomic E-state index is -0.334. The summed E-state index contributed by atoms with van der Waals surface area (Å²) in [6.07, 6.45) is 13.1. The SMILES string of the molecule is C#Cc1ccc(-c2nnc(N[C@H]3CCCC[C@@H]3O)c3c2CCCC3)c(O)c1. The van der Waals surface area contributed by atoms with Crippen LogP contribution >= 0.6 is 0 Å². The molecule has 2 aliphatic rings. The van der Waals surface area contributed by atoms with Gasteiger partial charge in [0.25, 0.3) is 0 Å². The molecule has 0 aliphatic heterocycles. The number of hydrogen-bond acceptors (Lipinski definition) is 5. The van der Waals surface area contributed by atoms with Crippen molar-refractivity contribution in [3.05, 3.63) is 34.9 Å². The van der Waals surface area contributed by atoms with Gasteiger partial charge in [0.2, 0.25) is 0 Å². The molecule has 27 heavy (non-hydrogen) atoms. The van der Waals surface area contributed by atoms with E-state index in [1.807, 2.05) is 12.1 Å². The normalized spacial score (nSPS) is 21.9. The third-order valence-corrected chi connectivity index (χ3v) is 5.76. The molecule has 2 aliphatic carbocycles. The molecule has 1 aromatic carbocycles. The predicted molar refractivity (Wildman–Crippen MR) is 106 cm³/mol. The van der Waals surface area contributed by atoms with Gasteiger partial charge >= 0.3 is 0 Å². The Balaban J connectivity index is 1.72. The number of hydrogen-bond donors (Lipinski definition) is 3. The second-order valence-corrected chi connectivity index (χ2v) is 7.54. The maximum absolute atomic E-state index is 10.4. The minimum Gasteiger partial charge on any atom is -0.507 e. The van der Waals surface area contributed by atoms with Crippen LogP contribution in [0.5, 0.6) is 5.75 Å². The van der Waals surface area contributed by atoms with Crippen LogP contribution in [0.15, 0.2) is 18.2 Å². The molecule has 5 heteroatoms. The molecule has 0 bridgehead atoms. The van der Waals surface area contributed by atoms with Crippen molar-refractivity contribution < 1.29 is 10.2 Å². The Bertz CT molecular complexity index is 888. The first-order valence-corrected chi connectivity index (χ1v) is 9.80. The number of terminal acetylenes is 1. The van der Waals surface area contributed by atoms with Gasteiger partial charge < -0.3 is 15.5 Å². The highest BCUT2D eigenvalue weighted by atomic mass is 16.3. The number of nitrogens with one attached hydrogen (secondary N) is 1. The lowest BCUT2D eigenvalue weighted by atomic mass is 9.88. The third-order valence-electron chi connectivity index (χ3n) is 5.76. The summed E-state index contributed by atoms with van der Waals surface area (Å²) in [5.74, 6) is 3.46. The van der Waals surface area contributed by atoms with E-state index in [4.69, 9.17) is 6.42 Å². The van der Waals surface area contributed by atoms with Crippen LogP contribution in [-0.4, -0.2) is 32.6 Å². The van der Waals surface area contributed by atoms with Crippen molar-refractivity contribution in [2.24, 2.45) is 0 Å². The molecule has 1 heterocycles. The van der Waals surface area contributed by atoms with Gasteiger partial charge in [-0.2, -0.15) is 0 Å².